The van der Waals surface area contributed by atoms with E-state index in [1.54, 1.807) is 18.2 Å². The monoisotopic (exact) mass is 163 g/mol. The molecule has 1 radical (unpaired) electrons. The molecule has 0 aliphatic heterocycles. The number of hydrogen-bond acceptors (Lipinski definition) is 3. The van der Waals surface area contributed by atoms with Crippen LogP contribution in [0.15, 0.2) is 18.2 Å². The molecule has 0 fully saturated rings. The number of ether oxygens (including phenoxy) is 1. The number of carbonyl (C=O) groups is 1. The third-order valence-corrected chi connectivity index (χ3v) is 1.55. The molecule has 0 aliphatic rings. The van der Waals surface area contributed by atoms with Gasteiger partial charge >= 0.3 is 7.48 Å². The maximum absolute atomic E-state index is 10.5. The second kappa shape index (κ2) is 3.92. The molecule has 1 rings (SSSR count). The standard InChI is InChI=1S/C8H8BO3/c1-12-8-6(5-10)3-2-4-7(8)9-11/h2-5,11H,1H3. The molecule has 61 valence electrons. The van der Waals surface area contributed by atoms with Crippen molar-refractivity contribution < 1.29 is 14.6 Å². The van der Waals surface area contributed by atoms with E-state index in [0.29, 0.717) is 23.1 Å². The Balaban J connectivity index is 3.21. The third kappa shape index (κ3) is 1.48. The van der Waals surface area contributed by atoms with Crippen LogP contribution >= 0.6 is 0 Å². The van der Waals surface area contributed by atoms with Gasteiger partial charge in [-0.1, -0.05) is 12.1 Å². The first-order valence-corrected chi connectivity index (χ1v) is 3.43. The van der Waals surface area contributed by atoms with E-state index < -0.39 is 0 Å². The summed E-state index contributed by atoms with van der Waals surface area (Å²) in [5, 5.41) is 8.75. The minimum absolute atomic E-state index is 0.398. The number of hydrogen-bond donors (Lipinski definition) is 1. The number of methoxy groups -OCH3 is 1. The molecule has 0 bridgehead atoms. The predicted molar refractivity (Wildman–Crippen MR) is 46.0 cm³/mol. The summed E-state index contributed by atoms with van der Waals surface area (Å²) >= 11 is 0. The van der Waals surface area contributed by atoms with Crippen molar-refractivity contribution in [3.63, 3.8) is 0 Å². The van der Waals surface area contributed by atoms with Crippen molar-refractivity contribution in [2.45, 2.75) is 0 Å². The summed E-state index contributed by atoms with van der Waals surface area (Å²) in [6.45, 7) is 0. The minimum atomic E-state index is 0.398. The highest BCUT2D eigenvalue weighted by Crippen LogP contribution is 2.11. The number of para-hydroxylation sites is 1. The van der Waals surface area contributed by atoms with E-state index in [1.165, 1.54) is 7.11 Å². The maximum Gasteiger partial charge on any atom is 0.330 e. The Kier molecular flexibility index (Phi) is 2.88. The Morgan fingerprint density at radius 1 is 1.58 bits per heavy atom. The Morgan fingerprint density at radius 2 is 2.33 bits per heavy atom. The highest BCUT2D eigenvalue weighted by atomic mass is 16.5. The Morgan fingerprint density at radius 3 is 2.83 bits per heavy atom. The van der Waals surface area contributed by atoms with Crippen molar-refractivity contribution in [2.24, 2.45) is 0 Å². The molecule has 0 aliphatic carbocycles. The van der Waals surface area contributed by atoms with Gasteiger partial charge in [-0.05, 0) is 11.5 Å². The normalized spacial score (nSPS) is 9.17. The average Bonchev–Trinajstić information content (AvgIpc) is 2.16. The predicted octanol–water partition coefficient (Wildman–Crippen LogP) is -0.255. The lowest BCUT2D eigenvalue weighted by atomic mass is 9.86. The van der Waals surface area contributed by atoms with Gasteiger partial charge in [0, 0.05) is 0 Å². The third-order valence-electron chi connectivity index (χ3n) is 1.55. The van der Waals surface area contributed by atoms with Gasteiger partial charge in [0.05, 0.1) is 12.7 Å². The van der Waals surface area contributed by atoms with E-state index in [1.807, 2.05) is 0 Å². The zero-order valence-corrected chi connectivity index (χ0v) is 6.65. The van der Waals surface area contributed by atoms with Gasteiger partial charge in [-0.25, -0.2) is 0 Å². The smallest absolute Gasteiger partial charge is 0.330 e. The molecule has 0 heterocycles. The van der Waals surface area contributed by atoms with Crippen LogP contribution in [0.25, 0.3) is 0 Å². The molecule has 12 heavy (non-hydrogen) atoms. The first-order chi connectivity index (χ1) is 5.83. The lowest BCUT2D eigenvalue weighted by molar-refractivity contribution is 0.112. The van der Waals surface area contributed by atoms with Gasteiger partial charge in [-0.3, -0.25) is 4.79 Å². The zero-order chi connectivity index (χ0) is 8.97. The zero-order valence-electron chi connectivity index (χ0n) is 6.65. The molecule has 0 saturated carbocycles. The van der Waals surface area contributed by atoms with E-state index in [2.05, 4.69) is 0 Å². The Labute approximate surface area is 71.3 Å². The van der Waals surface area contributed by atoms with Gasteiger partial charge < -0.3 is 9.76 Å². The number of aldehydes is 1. The van der Waals surface area contributed by atoms with Crippen LogP contribution < -0.4 is 10.2 Å². The summed E-state index contributed by atoms with van der Waals surface area (Å²) in [6, 6.07) is 4.96. The molecular weight excluding hydrogens is 155 g/mol. The fourth-order valence-corrected chi connectivity index (χ4v) is 1.00. The quantitative estimate of drug-likeness (QED) is 0.493. The summed E-state index contributed by atoms with van der Waals surface area (Å²) in [6.07, 6.45) is 0.686. The van der Waals surface area contributed by atoms with Crippen LogP contribution in [0.3, 0.4) is 0 Å². The Hall–Kier alpha value is -1.29. The highest BCUT2D eigenvalue weighted by molar-refractivity contribution is 6.47. The SMILES string of the molecule is COc1c([B]O)cccc1C=O. The van der Waals surface area contributed by atoms with Crippen LogP contribution in [0.4, 0.5) is 0 Å². The largest absolute Gasteiger partial charge is 0.496 e. The van der Waals surface area contributed by atoms with Crippen LogP contribution in [0.1, 0.15) is 10.4 Å². The Bertz CT molecular complexity index is 286. The van der Waals surface area contributed by atoms with E-state index in [-0.39, 0.29) is 0 Å². The van der Waals surface area contributed by atoms with Gasteiger partial charge in [0.15, 0.2) is 6.29 Å². The van der Waals surface area contributed by atoms with Gasteiger partial charge in [0.2, 0.25) is 0 Å². The molecule has 4 heteroatoms. The van der Waals surface area contributed by atoms with Gasteiger partial charge in [-0.2, -0.15) is 0 Å². The molecule has 0 unspecified atom stereocenters. The number of rotatable bonds is 3. The molecule has 3 nitrogen and oxygen atoms in total. The van der Waals surface area contributed by atoms with Crippen LogP contribution in [-0.2, 0) is 0 Å². The summed E-state index contributed by atoms with van der Waals surface area (Å²) in [5.41, 5.74) is 0.933. The van der Waals surface area contributed by atoms with Crippen molar-refractivity contribution in [3.8, 4) is 5.75 Å². The topological polar surface area (TPSA) is 46.5 Å². The van der Waals surface area contributed by atoms with Crippen molar-refractivity contribution in [2.75, 3.05) is 7.11 Å². The molecule has 1 aromatic rings. The molecule has 0 amide bonds. The second-order valence-electron chi connectivity index (χ2n) is 2.22. The van der Waals surface area contributed by atoms with E-state index in [0.717, 1.165) is 7.48 Å². The van der Waals surface area contributed by atoms with E-state index in [9.17, 15) is 4.79 Å². The highest BCUT2D eigenvalue weighted by Gasteiger charge is 2.07. The van der Waals surface area contributed by atoms with Crippen LogP contribution in [0, 0.1) is 0 Å². The lowest BCUT2D eigenvalue weighted by Gasteiger charge is -2.06. The van der Waals surface area contributed by atoms with Gasteiger partial charge in [0.25, 0.3) is 0 Å². The summed E-state index contributed by atoms with van der Waals surface area (Å²) in [4.78, 5) is 10.5. The molecule has 0 saturated heterocycles. The van der Waals surface area contributed by atoms with Gasteiger partial charge in [-0.15, -0.1) is 0 Å². The van der Waals surface area contributed by atoms with Crippen molar-refractivity contribution in [1.29, 1.82) is 0 Å². The second-order valence-corrected chi connectivity index (χ2v) is 2.22. The number of carbonyl (C=O) groups excluding carboxylic acids is 1. The van der Waals surface area contributed by atoms with E-state index in [4.69, 9.17) is 9.76 Å². The summed E-state index contributed by atoms with van der Waals surface area (Å²) in [7, 11) is 2.36. The molecule has 0 aromatic heterocycles. The van der Waals surface area contributed by atoms with Crippen LogP contribution in [-0.4, -0.2) is 25.9 Å². The van der Waals surface area contributed by atoms with Crippen molar-refractivity contribution in [3.05, 3.63) is 23.8 Å². The van der Waals surface area contributed by atoms with Crippen molar-refractivity contribution >= 4 is 19.2 Å². The molecule has 1 N–H and O–H groups in total. The fraction of sp³-hybridized carbons (Fsp3) is 0.125. The van der Waals surface area contributed by atoms with Crippen LogP contribution in [0.2, 0.25) is 0 Å². The lowest BCUT2D eigenvalue weighted by Crippen LogP contribution is -2.17. The van der Waals surface area contributed by atoms with Crippen LogP contribution in [0.5, 0.6) is 5.75 Å². The molecule has 0 spiro atoms. The first-order valence-electron chi connectivity index (χ1n) is 3.43. The molecule has 0 atom stereocenters. The van der Waals surface area contributed by atoms with Crippen molar-refractivity contribution in [1.82, 2.24) is 0 Å². The summed E-state index contributed by atoms with van der Waals surface area (Å²) in [5.74, 6) is 0.398. The fourth-order valence-electron chi connectivity index (χ4n) is 1.00. The summed E-state index contributed by atoms with van der Waals surface area (Å²) < 4.78 is 4.94. The first kappa shape index (κ1) is 8.81. The van der Waals surface area contributed by atoms with Gasteiger partial charge in [0.1, 0.15) is 5.75 Å². The average molecular weight is 163 g/mol. The maximum atomic E-state index is 10.5. The minimum Gasteiger partial charge on any atom is -0.496 e. The number of benzene rings is 1. The molecule has 1 aromatic carbocycles. The molecular formula is C8H8BO3. The van der Waals surface area contributed by atoms with E-state index >= 15 is 0 Å².